The molecule has 0 amide bonds. The van der Waals surface area contributed by atoms with Crippen LogP contribution < -0.4 is 5.32 Å². The summed E-state index contributed by atoms with van der Waals surface area (Å²) < 4.78 is 13.2. The number of halogens is 1. The van der Waals surface area contributed by atoms with Gasteiger partial charge in [-0.15, -0.1) is 11.3 Å². The molecule has 1 unspecified atom stereocenters. The number of aromatic hydroxyl groups is 1. The second-order valence-corrected chi connectivity index (χ2v) is 5.55. The SMILES string of the molecule is CCc1cnc(C(C)NCc2ccc(O)c(F)c2)s1. The van der Waals surface area contributed by atoms with E-state index in [2.05, 4.69) is 17.2 Å². The van der Waals surface area contributed by atoms with Gasteiger partial charge in [-0.25, -0.2) is 9.37 Å². The quantitative estimate of drug-likeness (QED) is 0.882. The summed E-state index contributed by atoms with van der Waals surface area (Å²) in [4.78, 5) is 5.64. The number of thiazole rings is 1. The Bertz CT molecular complexity index is 556. The Hall–Kier alpha value is -1.46. The highest BCUT2D eigenvalue weighted by atomic mass is 32.1. The van der Waals surface area contributed by atoms with Crippen LogP contribution in [0.4, 0.5) is 4.39 Å². The van der Waals surface area contributed by atoms with E-state index in [0.717, 1.165) is 17.0 Å². The predicted molar refractivity (Wildman–Crippen MR) is 74.8 cm³/mol. The normalized spacial score (nSPS) is 12.6. The Morgan fingerprint density at radius 1 is 1.47 bits per heavy atom. The molecule has 2 aromatic rings. The standard InChI is InChI=1S/C14H17FN2OS/c1-3-11-8-17-14(19-11)9(2)16-7-10-4-5-13(18)12(15)6-10/h4-6,8-9,16,18H,3,7H2,1-2H3. The highest BCUT2D eigenvalue weighted by Crippen LogP contribution is 2.21. The van der Waals surface area contributed by atoms with Gasteiger partial charge in [0.15, 0.2) is 11.6 Å². The summed E-state index contributed by atoms with van der Waals surface area (Å²) in [5, 5.41) is 13.5. The zero-order valence-electron chi connectivity index (χ0n) is 11.0. The Labute approximate surface area is 116 Å². The lowest BCUT2D eigenvalue weighted by atomic mass is 10.2. The van der Waals surface area contributed by atoms with Crippen LogP contribution in [-0.2, 0) is 13.0 Å². The molecule has 5 heteroatoms. The highest BCUT2D eigenvalue weighted by Gasteiger charge is 2.10. The van der Waals surface area contributed by atoms with Crippen LogP contribution in [0.25, 0.3) is 0 Å². The Morgan fingerprint density at radius 2 is 2.26 bits per heavy atom. The first-order chi connectivity index (χ1) is 9.10. The molecule has 0 radical (unpaired) electrons. The van der Waals surface area contributed by atoms with Gasteiger partial charge in [-0.2, -0.15) is 0 Å². The summed E-state index contributed by atoms with van der Waals surface area (Å²) in [6, 6.07) is 4.55. The van der Waals surface area contributed by atoms with Gasteiger partial charge in [0.2, 0.25) is 0 Å². The fraction of sp³-hybridized carbons (Fsp3) is 0.357. The number of nitrogens with zero attached hydrogens (tertiary/aromatic N) is 1. The molecule has 0 aliphatic rings. The number of phenols is 1. The van der Waals surface area contributed by atoms with Crippen molar-refractivity contribution in [3.63, 3.8) is 0 Å². The van der Waals surface area contributed by atoms with Crippen LogP contribution in [0.5, 0.6) is 5.75 Å². The molecule has 2 rings (SSSR count). The van der Waals surface area contributed by atoms with Crippen LogP contribution in [0.2, 0.25) is 0 Å². The van der Waals surface area contributed by atoms with E-state index in [4.69, 9.17) is 5.11 Å². The van der Waals surface area contributed by atoms with Gasteiger partial charge in [0, 0.05) is 17.6 Å². The van der Waals surface area contributed by atoms with Crippen LogP contribution in [0, 0.1) is 5.82 Å². The van der Waals surface area contributed by atoms with Crippen LogP contribution >= 0.6 is 11.3 Å². The fourth-order valence-electron chi connectivity index (χ4n) is 1.70. The molecule has 0 bridgehead atoms. The number of hydrogen-bond acceptors (Lipinski definition) is 4. The third-order valence-corrected chi connectivity index (χ3v) is 4.24. The summed E-state index contributed by atoms with van der Waals surface area (Å²) in [7, 11) is 0. The molecule has 2 N–H and O–H groups in total. The van der Waals surface area contributed by atoms with Crippen molar-refractivity contribution in [2.75, 3.05) is 0 Å². The minimum absolute atomic E-state index is 0.127. The zero-order chi connectivity index (χ0) is 13.8. The summed E-state index contributed by atoms with van der Waals surface area (Å²) in [6.45, 7) is 4.68. The Balaban J connectivity index is 1.95. The number of phenolic OH excluding ortho intramolecular Hbond substituents is 1. The van der Waals surface area contributed by atoms with E-state index < -0.39 is 5.82 Å². The summed E-state index contributed by atoms with van der Waals surface area (Å²) in [6.07, 6.45) is 2.89. The number of hydrogen-bond donors (Lipinski definition) is 2. The number of benzene rings is 1. The Kier molecular flexibility index (Phi) is 4.50. The van der Waals surface area contributed by atoms with E-state index in [1.807, 2.05) is 13.1 Å². The molecular weight excluding hydrogens is 263 g/mol. The number of rotatable bonds is 5. The van der Waals surface area contributed by atoms with E-state index >= 15 is 0 Å². The number of aryl methyl sites for hydroxylation is 1. The molecule has 1 heterocycles. The van der Waals surface area contributed by atoms with Crippen LogP contribution in [0.15, 0.2) is 24.4 Å². The van der Waals surface area contributed by atoms with Crippen LogP contribution in [0.3, 0.4) is 0 Å². The molecular formula is C14H17FN2OS. The maximum absolute atomic E-state index is 13.2. The van der Waals surface area contributed by atoms with E-state index in [-0.39, 0.29) is 11.8 Å². The molecule has 0 fully saturated rings. The number of nitrogens with one attached hydrogen (secondary N) is 1. The van der Waals surface area contributed by atoms with E-state index in [0.29, 0.717) is 6.54 Å². The van der Waals surface area contributed by atoms with Crippen LogP contribution in [0.1, 0.15) is 35.3 Å². The molecule has 0 saturated heterocycles. The van der Waals surface area contributed by atoms with Gasteiger partial charge in [0.1, 0.15) is 5.01 Å². The second kappa shape index (κ2) is 6.12. The first kappa shape index (κ1) is 14.0. The Morgan fingerprint density at radius 3 is 2.89 bits per heavy atom. The van der Waals surface area contributed by atoms with Crippen molar-refractivity contribution in [1.29, 1.82) is 0 Å². The minimum atomic E-state index is -0.588. The van der Waals surface area contributed by atoms with Gasteiger partial charge in [0.25, 0.3) is 0 Å². The molecule has 1 aromatic carbocycles. The minimum Gasteiger partial charge on any atom is -0.505 e. The van der Waals surface area contributed by atoms with Crippen molar-refractivity contribution in [2.24, 2.45) is 0 Å². The molecule has 0 aliphatic heterocycles. The maximum Gasteiger partial charge on any atom is 0.165 e. The third-order valence-electron chi connectivity index (χ3n) is 2.91. The van der Waals surface area contributed by atoms with E-state index in [1.165, 1.54) is 17.0 Å². The van der Waals surface area contributed by atoms with E-state index in [9.17, 15) is 4.39 Å². The molecule has 102 valence electrons. The van der Waals surface area contributed by atoms with Crippen molar-refractivity contribution in [3.8, 4) is 5.75 Å². The lowest BCUT2D eigenvalue weighted by Gasteiger charge is -2.11. The molecule has 1 atom stereocenters. The van der Waals surface area contributed by atoms with Gasteiger partial charge < -0.3 is 10.4 Å². The average molecular weight is 280 g/mol. The number of aromatic nitrogens is 1. The molecule has 0 aliphatic carbocycles. The van der Waals surface area contributed by atoms with Crippen molar-refractivity contribution in [2.45, 2.75) is 32.9 Å². The van der Waals surface area contributed by atoms with Crippen molar-refractivity contribution in [1.82, 2.24) is 10.3 Å². The summed E-state index contributed by atoms with van der Waals surface area (Å²) in [5.41, 5.74) is 0.800. The topological polar surface area (TPSA) is 45.2 Å². The summed E-state index contributed by atoms with van der Waals surface area (Å²) >= 11 is 1.69. The van der Waals surface area contributed by atoms with Gasteiger partial charge >= 0.3 is 0 Å². The fourth-order valence-corrected chi connectivity index (χ4v) is 2.59. The molecule has 0 spiro atoms. The van der Waals surface area contributed by atoms with Crippen molar-refractivity contribution in [3.05, 3.63) is 45.7 Å². The summed E-state index contributed by atoms with van der Waals surface area (Å²) in [5.74, 6) is -0.904. The third kappa shape index (κ3) is 3.52. The van der Waals surface area contributed by atoms with Gasteiger partial charge in [-0.1, -0.05) is 13.0 Å². The largest absolute Gasteiger partial charge is 0.505 e. The molecule has 19 heavy (non-hydrogen) atoms. The second-order valence-electron chi connectivity index (χ2n) is 4.41. The van der Waals surface area contributed by atoms with Crippen molar-refractivity contribution < 1.29 is 9.50 Å². The first-order valence-electron chi connectivity index (χ1n) is 6.25. The van der Waals surface area contributed by atoms with Gasteiger partial charge in [0.05, 0.1) is 6.04 Å². The average Bonchev–Trinajstić information content (AvgIpc) is 2.88. The molecule has 0 saturated carbocycles. The predicted octanol–water partition coefficient (Wildman–Crippen LogP) is 3.40. The van der Waals surface area contributed by atoms with E-state index in [1.54, 1.807) is 17.4 Å². The first-order valence-corrected chi connectivity index (χ1v) is 7.07. The molecule has 1 aromatic heterocycles. The smallest absolute Gasteiger partial charge is 0.165 e. The van der Waals surface area contributed by atoms with Gasteiger partial charge in [-0.05, 0) is 31.0 Å². The van der Waals surface area contributed by atoms with Gasteiger partial charge in [-0.3, -0.25) is 0 Å². The highest BCUT2D eigenvalue weighted by molar-refractivity contribution is 7.11. The molecule has 3 nitrogen and oxygen atoms in total. The zero-order valence-corrected chi connectivity index (χ0v) is 11.8. The van der Waals surface area contributed by atoms with Crippen molar-refractivity contribution >= 4 is 11.3 Å². The lowest BCUT2D eigenvalue weighted by Crippen LogP contribution is -2.17. The van der Waals surface area contributed by atoms with Crippen LogP contribution in [-0.4, -0.2) is 10.1 Å². The maximum atomic E-state index is 13.2. The monoisotopic (exact) mass is 280 g/mol. The lowest BCUT2D eigenvalue weighted by molar-refractivity contribution is 0.431.